The summed E-state index contributed by atoms with van der Waals surface area (Å²) >= 11 is 0. The molecule has 4 aromatic rings. The van der Waals surface area contributed by atoms with Gasteiger partial charge in [0.15, 0.2) is 5.78 Å². The summed E-state index contributed by atoms with van der Waals surface area (Å²) in [4.78, 5) is 25.5. The summed E-state index contributed by atoms with van der Waals surface area (Å²) in [6.07, 6.45) is 4.51. The van der Waals surface area contributed by atoms with Gasteiger partial charge in [-0.1, -0.05) is 30.3 Å². The van der Waals surface area contributed by atoms with E-state index in [0.717, 1.165) is 16.3 Å². The van der Waals surface area contributed by atoms with Crippen molar-refractivity contribution in [2.24, 2.45) is 0 Å². The Balaban J connectivity index is 1.67. The number of aryl methyl sites for hydroxylation is 1. The smallest absolute Gasteiger partial charge is 0.221 e. The van der Waals surface area contributed by atoms with Crippen LogP contribution in [0, 0.1) is 0 Å². The van der Waals surface area contributed by atoms with Gasteiger partial charge in [-0.3, -0.25) is 9.78 Å². The topological polar surface area (TPSA) is 91.0 Å². The van der Waals surface area contributed by atoms with Gasteiger partial charge in [-0.05, 0) is 29.5 Å². The summed E-state index contributed by atoms with van der Waals surface area (Å²) in [6, 6.07) is 13.4. The number of ketones is 1. The van der Waals surface area contributed by atoms with Crippen LogP contribution in [0.4, 0.5) is 5.95 Å². The Morgan fingerprint density at radius 2 is 1.93 bits per heavy atom. The lowest BCUT2D eigenvalue weighted by Gasteiger charge is -2.09. The Kier molecular flexibility index (Phi) is 4.38. The van der Waals surface area contributed by atoms with Crippen molar-refractivity contribution in [2.75, 3.05) is 12.8 Å². The average Bonchev–Trinajstić information content (AvgIpc) is 2.70. The lowest BCUT2D eigenvalue weighted by Crippen LogP contribution is -2.09. The molecule has 2 aromatic heterocycles. The van der Waals surface area contributed by atoms with Gasteiger partial charge in [-0.25, -0.2) is 9.97 Å². The molecule has 0 atom stereocenters. The summed E-state index contributed by atoms with van der Waals surface area (Å²) in [5.74, 6) is 0.545. The highest BCUT2D eigenvalue weighted by Gasteiger charge is 2.17. The highest BCUT2D eigenvalue weighted by atomic mass is 16.5. The molecule has 4 rings (SSSR count). The van der Waals surface area contributed by atoms with E-state index in [9.17, 15) is 4.79 Å². The van der Waals surface area contributed by atoms with E-state index in [2.05, 4.69) is 15.0 Å². The van der Waals surface area contributed by atoms with Crippen LogP contribution in [0.5, 0.6) is 5.75 Å². The molecular formula is C21H18N4O2. The van der Waals surface area contributed by atoms with Crippen LogP contribution in [0.1, 0.15) is 22.5 Å². The number of hydrogen-bond donors (Lipinski definition) is 1. The number of para-hydroxylation sites is 1. The second-order valence-electron chi connectivity index (χ2n) is 6.22. The van der Waals surface area contributed by atoms with Crippen LogP contribution in [-0.2, 0) is 6.42 Å². The largest absolute Gasteiger partial charge is 0.494 e. The number of ether oxygens (including phenoxy) is 1. The van der Waals surface area contributed by atoms with E-state index in [0.29, 0.717) is 35.2 Å². The molecule has 0 radical (unpaired) electrons. The van der Waals surface area contributed by atoms with Crippen molar-refractivity contribution < 1.29 is 9.53 Å². The number of carbonyl (C=O) groups is 1. The van der Waals surface area contributed by atoms with Crippen molar-refractivity contribution in [2.45, 2.75) is 12.8 Å². The molecular weight excluding hydrogens is 340 g/mol. The monoisotopic (exact) mass is 358 g/mol. The van der Waals surface area contributed by atoms with E-state index in [1.807, 2.05) is 42.6 Å². The number of methoxy groups -OCH3 is 1. The fourth-order valence-electron chi connectivity index (χ4n) is 3.28. The van der Waals surface area contributed by atoms with Gasteiger partial charge in [-0.2, -0.15) is 0 Å². The molecule has 0 unspecified atom stereocenters. The zero-order valence-electron chi connectivity index (χ0n) is 14.8. The lowest BCUT2D eigenvalue weighted by atomic mass is 9.99. The van der Waals surface area contributed by atoms with Gasteiger partial charge < -0.3 is 10.5 Å². The predicted molar refractivity (Wildman–Crippen MR) is 105 cm³/mol. The average molecular weight is 358 g/mol. The number of nitrogens with two attached hydrogens (primary N) is 1. The molecule has 6 heteroatoms. The summed E-state index contributed by atoms with van der Waals surface area (Å²) in [5.41, 5.74) is 7.79. The first kappa shape index (κ1) is 16.9. The second kappa shape index (κ2) is 6.99. The summed E-state index contributed by atoms with van der Waals surface area (Å²) in [6.45, 7) is 0. The number of nitrogen functional groups attached to an aromatic ring is 1. The number of benzene rings is 2. The van der Waals surface area contributed by atoms with Crippen LogP contribution >= 0.6 is 0 Å². The third-order valence-corrected chi connectivity index (χ3v) is 4.59. The van der Waals surface area contributed by atoms with Crippen molar-refractivity contribution in [3.63, 3.8) is 0 Å². The Labute approximate surface area is 156 Å². The van der Waals surface area contributed by atoms with Crippen LogP contribution < -0.4 is 10.5 Å². The zero-order chi connectivity index (χ0) is 18.8. The third kappa shape index (κ3) is 3.17. The standard InChI is InChI=1S/C21H18N4O2/c1-27-18-7-3-6-15-19(24-21(22)25-20(15)18)17(26)9-8-13-4-2-5-14-10-11-23-12-16(13)14/h2-7,10-12H,8-9H2,1H3,(H2,22,24,25). The van der Waals surface area contributed by atoms with Crippen LogP contribution in [0.25, 0.3) is 21.7 Å². The maximum atomic E-state index is 12.9. The molecule has 2 aromatic carbocycles. The zero-order valence-corrected chi connectivity index (χ0v) is 14.8. The molecule has 0 fully saturated rings. The van der Waals surface area contributed by atoms with E-state index < -0.39 is 0 Å². The second-order valence-corrected chi connectivity index (χ2v) is 6.22. The first-order valence-corrected chi connectivity index (χ1v) is 8.62. The van der Waals surface area contributed by atoms with Gasteiger partial charge in [0.2, 0.25) is 5.95 Å². The maximum absolute atomic E-state index is 12.9. The van der Waals surface area contributed by atoms with Crippen molar-refractivity contribution >= 4 is 33.4 Å². The predicted octanol–water partition coefficient (Wildman–Crippen LogP) is 3.58. The van der Waals surface area contributed by atoms with Gasteiger partial charge in [0.1, 0.15) is 17.0 Å². The molecule has 0 aliphatic rings. The van der Waals surface area contributed by atoms with Crippen LogP contribution in [0.3, 0.4) is 0 Å². The van der Waals surface area contributed by atoms with E-state index in [4.69, 9.17) is 10.5 Å². The van der Waals surface area contributed by atoms with Crippen molar-refractivity contribution in [3.05, 3.63) is 66.1 Å². The van der Waals surface area contributed by atoms with Crippen molar-refractivity contribution in [1.82, 2.24) is 15.0 Å². The van der Waals surface area contributed by atoms with Crippen LogP contribution in [-0.4, -0.2) is 27.8 Å². The minimum absolute atomic E-state index is 0.0599. The van der Waals surface area contributed by atoms with Crippen LogP contribution in [0.15, 0.2) is 54.9 Å². The molecule has 2 N–H and O–H groups in total. The Morgan fingerprint density at radius 1 is 1.07 bits per heavy atom. The van der Waals surface area contributed by atoms with Gasteiger partial charge in [-0.15, -0.1) is 0 Å². The molecule has 27 heavy (non-hydrogen) atoms. The van der Waals surface area contributed by atoms with E-state index in [1.165, 1.54) is 0 Å². The molecule has 134 valence electrons. The molecule has 6 nitrogen and oxygen atoms in total. The maximum Gasteiger partial charge on any atom is 0.221 e. The number of hydrogen-bond acceptors (Lipinski definition) is 6. The summed E-state index contributed by atoms with van der Waals surface area (Å²) in [5, 5.41) is 2.81. The molecule has 0 saturated carbocycles. The molecule has 0 aliphatic carbocycles. The Hall–Kier alpha value is -3.54. The highest BCUT2D eigenvalue weighted by molar-refractivity contribution is 6.07. The molecule has 0 amide bonds. The number of Topliss-reactive ketones (excluding diaryl/α,β-unsaturated/α-hetero) is 1. The summed E-state index contributed by atoms with van der Waals surface area (Å²) in [7, 11) is 1.56. The van der Waals surface area contributed by atoms with Gasteiger partial charge in [0, 0.05) is 29.6 Å². The number of aromatic nitrogens is 3. The quantitative estimate of drug-likeness (QED) is 0.548. The fourth-order valence-corrected chi connectivity index (χ4v) is 3.28. The first-order chi connectivity index (χ1) is 13.2. The normalized spacial score (nSPS) is 11.0. The number of carbonyl (C=O) groups excluding carboxylic acids is 1. The molecule has 2 heterocycles. The number of pyridine rings is 1. The summed E-state index contributed by atoms with van der Waals surface area (Å²) < 4.78 is 5.33. The van der Waals surface area contributed by atoms with Gasteiger partial charge in [0.05, 0.1) is 7.11 Å². The van der Waals surface area contributed by atoms with Gasteiger partial charge >= 0.3 is 0 Å². The highest BCUT2D eigenvalue weighted by Crippen LogP contribution is 2.27. The first-order valence-electron chi connectivity index (χ1n) is 8.62. The van der Waals surface area contributed by atoms with Crippen molar-refractivity contribution in [3.8, 4) is 5.75 Å². The Morgan fingerprint density at radius 3 is 2.78 bits per heavy atom. The number of fused-ring (bicyclic) bond motifs is 2. The minimum Gasteiger partial charge on any atom is -0.494 e. The SMILES string of the molecule is COc1cccc2c(C(=O)CCc3cccc4ccncc34)nc(N)nc12. The van der Waals surface area contributed by atoms with E-state index in [1.54, 1.807) is 19.4 Å². The fraction of sp³-hybridized carbons (Fsp3) is 0.143. The van der Waals surface area contributed by atoms with Crippen molar-refractivity contribution in [1.29, 1.82) is 0 Å². The third-order valence-electron chi connectivity index (χ3n) is 4.59. The minimum atomic E-state index is -0.0803. The molecule has 0 spiro atoms. The Bertz CT molecular complexity index is 1150. The molecule has 0 bridgehead atoms. The number of rotatable bonds is 5. The number of anilines is 1. The number of nitrogens with zero attached hydrogens (tertiary/aromatic N) is 3. The lowest BCUT2D eigenvalue weighted by molar-refractivity contribution is 0.0980. The van der Waals surface area contributed by atoms with E-state index in [-0.39, 0.29) is 11.7 Å². The molecule has 0 saturated heterocycles. The molecule has 0 aliphatic heterocycles. The van der Waals surface area contributed by atoms with E-state index >= 15 is 0 Å². The van der Waals surface area contributed by atoms with Gasteiger partial charge in [0.25, 0.3) is 0 Å². The van der Waals surface area contributed by atoms with Crippen LogP contribution in [0.2, 0.25) is 0 Å².